The van der Waals surface area contributed by atoms with E-state index in [2.05, 4.69) is 25.7 Å². The smallest absolute Gasteiger partial charge is 0.243 e. The van der Waals surface area contributed by atoms with E-state index in [9.17, 15) is 0 Å². The summed E-state index contributed by atoms with van der Waals surface area (Å²) in [6.45, 7) is 1.97. The maximum Gasteiger partial charge on any atom is 0.243 e. The van der Waals surface area contributed by atoms with E-state index in [-0.39, 0.29) is 5.95 Å². The number of halogens is 1. The first kappa shape index (κ1) is 14.3. The lowest BCUT2D eigenvalue weighted by Crippen LogP contribution is -2.18. The van der Waals surface area contributed by atoms with Gasteiger partial charge in [0, 0.05) is 14.1 Å². The molecule has 0 aliphatic rings. The fraction of sp³-hybridized carbons (Fsp3) is 0.250. The highest BCUT2D eigenvalue weighted by Gasteiger charge is 2.09. The maximum atomic E-state index is 6.17. The first-order valence-electron chi connectivity index (χ1n) is 5.93. The van der Waals surface area contributed by atoms with E-state index >= 15 is 0 Å². The summed E-state index contributed by atoms with van der Waals surface area (Å²) in [6, 6.07) is 5.68. The Balaban J connectivity index is 2.34. The van der Waals surface area contributed by atoms with Gasteiger partial charge in [0.15, 0.2) is 0 Å². The van der Waals surface area contributed by atoms with Gasteiger partial charge in [-0.2, -0.15) is 15.0 Å². The van der Waals surface area contributed by atoms with Crippen LogP contribution < -0.4 is 21.5 Å². The van der Waals surface area contributed by atoms with Gasteiger partial charge in [-0.25, -0.2) is 5.84 Å². The molecule has 0 unspecified atom stereocenters. The average molecular weight is 294 g/mol. The fourth-order valence-electron chi connectivity index (χ4n) is 1.53. The molecule has 4 N–H and O–H groups in total. The molecule has 0 radical (unpaired) electrons. The molecule has 0 spiro atoms. The Labute approximate surface area is 122 Å². The summed E-state index contributed by atoms with van der Waals surface area (Å²) >= 11 is 6.17. The Hall–Kier alpha value is -2.12. The van der Waals surface area contributed by atoms with Crippen molar-refractivity contribution in [1.29, 1.82) is 0 Å². The second kappa shape index (κ2) is 5.89. The van der Waals surface area contributed by atoms with E-state index in [0.29, 0.717) is 16.9 Å². The molecule has 0 aliphatic carbocycles. The topological polar surface area (TPSA) is 92.0 Å². The minimum Gasteiger partial charge on any atom is -0.347 e. The lowest BCUT2D eigenvalue weighted by molar-refractivity contribution is 0.957. The zero-order valence-corrected chi connectivity index (χ0v) is 12.2. The molecule has 7 nitrogen and oxygen atoms in total. The van der Waals surface area contributed by atoms with Crippen LogP contribution in [0.2, 0.25) is 5.02 Å². The van der Waals surface area contributed by atoms with Gasteiger partial charge in [0.05, 0.1) is 10.7 Å². The Morgan fingerprint density at radius 1 is 1.15 bits per heavy atom. The van der Waals surface area contributed by atoms with Crippen LogP contribution in [0.4, 0.5) is 23.5 Å². The normalized spacial score (nSPS) is 10.2. The Morgan fingerprint density at radius 2 is 1.85 bits per heavy atom. The molecule has 0 saturated carbocycles. The molecular weight excluding hydrogens is 278 g/mol. The average Bonchev–Trinajstić information content (AvgIpc) is 2.41. The van der Waals surface area contributed by atoms with E-state index < -0.39 is 0 Å². The Bertz CT molecular complexity index is 615. The molecule has 2 rings (SSSR count). The van der Waals surface area contributed by atoms with Crippen molar-refractivity contribution in [2.45, 2.75) is 6.92 Å². The SMILES string of the molecule is Cc1ccc(Nc2nc(NN)nc(N(C)C)n2)c(Cl)c1. The fourth-order valence-corrected chi connectivity index (χ4v) is 1.81. The van der Waals surface area contributed by atoms with Crippen LogP contribution >= 0.6 is 11.6 Å². The second-order valence-corrected chi connectivity index (χ2v) is 4.84. The Kier molecular flexibility index (Phi) is 4.21. The van der Waals surface area contributed by atoms with Gasteiger partial charge in [-0.15, -0.1) is 0 Å². The summed E-state index contributed by atoms with van der Waals surface area (Å²) < 4.78 is 0. The van der Waals surface area contributed by atoms with Crippen LogP contribution in [0.25, 0.3) is 0 Å². The minimum atomic E-state index is 0.273. The number of hydrogen-bond donors (Lipinski definition) is 3. The number of aromatic nitrogens is 3. The Morgan fingerprint density at radius 3 is 2.45 bits per heavy atom. The first-order valence-corrected chi connectivity index (χ1v) is 6.30. The number of nitrogens with one attached hydrogen (secondary N) is 2. The summed E-state index contributed by atoms with van der Waals surface area (Å²) in [5.41, 5.74) is 4.21. The van der Waals surface area contributed by atoms with Crippen LogP contribution in [0, 0.1) is 6.92 Å². The van der Waals surface area contributed by atoms with E-state index in [0.717, 1.165) is 11.3 Å². The third-order valence-corrected chi connectivity index (χ3v) is 2.84. The molecule has 0 bridgehead atoms. The monoisotopic (exact) mass is 293 g/mol. The molecule has 1 aromatic carbocycles. The van der Waals surface area contributed by atoms with Gasteiger partial charge < -0.3 is 10.2 Å². The van der Waals surface area contributed by atoms with Crippen molar-refractivity contribution in [1.82, 2.24) is 15.0 Å². The summed E-state index contributed by atoms with van der Waals surface area (Å²) in [4.78, 5) is 14.3. The van der Waals surface area contributed by atoms with Gasteiger partial charge in [-0.05, 0) is 24.6 Å². The largest absolute Gasteiger partial charge is 0.347 e. The highest BCUT2D eigenvalue weighted by Crippen LogP contribution is 2.25. The molecule has 0 saturated heterocycles. The molecular formula is C12H16ClN7. The van der Waals surface area contributed by atoms with Crippen LogP contribution in [-0.4, -0.2) is 29.0 Å². The number of hydrogen-bond acceptors (Lipinski definition) is 7. The van der Waals surface area contributed by atoms with Crippen molar-refractivity contribution in [2.24, 2.45) is 5.84 Å². The highest BCUT2D eigenvalue weighted by molar-refractivity contribution is 6.33. The molecule has 20 heavy (non-hydrogen) atoms. The van der Waals surface area contributed by atoms with E-state index in [1.165, 1.54) is 0 Å². The number of rotatable bonds is 4. The van der Waals surface area contributed by atoms with Crippen molar-refractivity contribution in [3.05, 3.63) is 28.8 Å². The molecule has 106 valence electrons. The van der Waals surface area contributed by atoms with Crippen LogP contribution in [0.1, 0.15) is 5.56 Å². The van der Waals surface area contributed by atoms with Crippen molar-refractivity contribution >= 4 is 35.1 Å². The number of hydrazine groups is 1. The molecule has 0 aliphatic heterocycles. The minimum absolute atomic E-state index is 0.273. The van der Waals surface area contributed by atoms with Crippen molar-refractivity contribution in [2.75, 3.05) is 29.7 Å². The third kappa shape index (κ3) is 3.25. The molecule has 8 heteroatoms. The van der Waals surface area contributed by atoms with Gasteiger partial charge in [-0.1, -0.05) is 17.7 Å². The zero-order chi connectivity index (χ0) is 14.7. The third-order valence-electron chi connectivity index (χ3n) is 2.52. The van der Waals surface area contributed by atoms with Crippen molar-refractivity contribution < 1.29 is 0 Å². The van der Waals surface area contributed by atoms with Crippen molar-refractivity contribution in [3.63, 3.8) is 0 Å². The predicted molar refractivity (Wildman–Crippen MR) is 81.4 cm³/mol. The lowest BCUT2D eigenvalue weighted by Gasteiger charge is -2.13. The standard InChI is InChI=1S/C12H16ClN7/c1-7-4-5-9(8(13)6-7)15-10-16-11(19-14)18-12(17-10)20(2)3/h4-6H,14H2,1-3H3,(H2,15,16,17,18,19). The lowest BCUT2D eigenvalue weighted by atomic mass is 10.2. The molecule has 0 atom stereocenters. The zero-order valence-electron chi connectivity index (χ0n) is 11.5. The van der Waals surface area contributed by atoms with Gasteiger partial charge in [0.1, 0.15) is 0 Å². The molecule has 0 amide bonds. The summed E-state index contributed by atoms with van der Waals surface area (Å²) in [5.74, 6) is 6.48. The summed E-state index contributed by atoms with van der Waals surface area (Å²) in [5, 5.41) is 3.65. The number of aryl methyl sites for hydroxylation is 1. The maximum absolute atomic E-state index is 6.17. The summed E-state index contributed by atoms with van der Waals surface area (Å²) in [7, 11) is 3.66. The van der Waals surface area contributed by atoms with Gasteiger partial charge in [0.25, 0.3) is 0 Å². The van der Waals surface area contributed by atoms with E-state index in [1.807, 2.05) is 39.2 Å². The number of benzene rings is 1. The van der Waals surface area contributed by atoms with Crippen LogP contribution in [0.3, 0.4) is 0 Å². The quantitative estimate of drug-likeness (QED) is 0.586. The van der Waals surface area contributed by atoms with Gasteiger partial charge >= 0.3 is 0 Å². The summed E-state index contributed by atoms with van der Waals surface area (Å²) in [6.07, 6.45) is 0. The van der Waals surface area contributed by atoms with Gasteiger partial charge in [-0.3, -0.25) is 5.43 Å². The molecule has 1 aromatic heterocycles. The van der Waals surface area contributed by atoms with Gasteiger partial charge in [0.2, 0.25) is 17.8 Å². The van der Waals surface area contributed by atoms with E-state index in [1.54, 1.807) is 4.90 Å². The first-order chi connectivity index (χ1) is 9.49. The van der Waals surface area contributed by atoms with E-state index in [4.69, 9.17) is 17.4 Å². The number of nitrogens with two attached hydrogens (primary N) is 1. The number of nitrogens with zero attached hydrogens (tertiary/aromatic N) is 4. The second-order valence-electron chi connectivity index (χ2n) is 4.43. The van der Waals surface area contributed by atoms with Crippen LogP contribution in [0.15, 0.2) is 18.2 Å². The molecule has 2 aromatic rings. The highest BCUT2D eigenvalue weighted by atomic mass is 35.5. The van der Waals surface area contributed by atoms with Crippen LogP contribution in [0.5, 0.6) is 0 Å². The predicted octanol–water partition coefficient (Wildman–Crippen LogP) is 1.93. The molecule has 0 fully saturated rings. The number of nitrogen functional groups attached to an aromatic ring is 1. The number of anilines is 4. The van der Waals surface area contributed by atoms with Crippen molar-refractivity contribution in [3.8, 4) is 0 Å². The molecule has 1 heterocycles. The van der Waals surface area contributed by atoms with Crippen LogP contribution in [-0.2, 0) is 0 Å².